The maximum absolute atomic E-state index is 13.4. The molecule has 2 atom stereocenters. The number of aromatic nitrogens is 3. The fourth-order valence-corrected chi connectivity index (χ4v) is 4.65. The second-order valence-electron chi connectivity index (χ2n) is 7.57. The van der Waals surface area contributed by atoms with Crippen molar-refractivity contribution < 1.29 is 18.0 Å². The molecule has 4 rings (SSSR count). The molecule has 1 aliphatic heterocycles. The number of nitrogens with zero attached hydrogens (tertiary/aromatic N) is 3. The standard InChI is InChI=1S/C22H22F3N5OS/c1-3-6-17-27-28-21-30(17)29-18(14-11-9-13(2)10-12-14)19(32-21)20(31)26-16-8-5-4-7-15(16)22(23,24)25/h4-5,7-12,18-19,29H,3,6H2,1-2H3,(H,26,31)/t18-,19-/m1/s1. The van der Waals surface area contributed by atoms with Crippen molar-refractivity contribution in [3.05, 3.63) is 71.0 Å². The van der Waals surface area contributed by atoms with E-state index in [0.29, 0.717) is 11.6 Å². The van der Waals surface area contributed by atoms with Gasteiger partial charge in [0.15, 0.2) is 5.82 Å². The molecule has 2 heterocycles. The van der Waals surface area contributed by atoms with Gasteiger partial charge in [0, 0.05) is 6.42 Å². The number of hydrogen-bond donors (Lipinski definition) is 2. The van der Waals surface area contributed by atoms with E-state index in [1.807, 2.05) is 38.1 Å². The first kappa shape index (κ1) is 22.2. The number of carbonyl (C=O) groups excluding carboxylic acids is 1. The normalized spacial score (nSPS) is 18.0. The third-order valence-corrected chi connectivity index (χ3v) is 6.38. The Morgan fingerprint density at radius 1 is 1.16 bits per heavy atom. The summed E-state index contributed by atoms with van der Waals surface area (Å²) < 4.78 is 42.0. The van der Waals surface area contributed by atoms with Gasteiger partial charge in [0.2, 0.25) is 11.1 Å². The van der Waals surface area contributed by atoms with Crippen LogP contribution in [0.1, 0.15) is 41.9 Å². The molecule has 10 heteroatoms. The molecule has 0 bridgehead atoms. The van der Waals surface area contributed by atoms with Crippen molar-refractivity contribution in [1.82, 2.24) is 14.9 Å². The van der Waals surface area contributed by atoms with Crippen LogP contribution in [0.2, 0.25) is 0 Å². The highest BCUT2D eigenvalue weighted by molar-refractivity contribution is 8.00. The number of nitrogens with one attached hydrogen (secondary N) is 2. The van der Waals surface area contributed by atoms with Gasteiger partial charge in [-0.3, -0.25) is 4.79 Å². The van der Waals surface area contributed by atoms with Gasteiger partial charge in [-0.1, -0.05) is 60.6 Å². The van der Waals surface area contributed by atoms with E-state index in [2.05, 4.69) is 20.9 Å². The second kappa shape index (κ2) is 8.85. The van der Waals surface area contributed by atoms with Crippen molar-refractivity contribution in [3.63, 3.8) is 0 Å². The van der Waals surface area contributed by atoms with Crippen LogP contribution < -0.4 is 10.7 Å². The SMILES string of the molecule is CCCc1nnc2n1N[C@H](c1ccc(C)cc1)[C@H](C(=O)Nc1ccccc1C(F)(F)F)S2. The number of rotatable bonds is 5. The molecule has 0 saturated heterocycles. The predicted molar refractivity (Wildman–Crippen MR) is 117 cm³/mol. The Labute approximate surface area is 187 Å². The highest BCUT2D eigenvalue weighted by Gasteiger charge is 2.39. The van der Waals surface area contributed by atoms with Crippen LogP contribution in [0.15, 0.2) is 53.7 Å². The Kier molecular flexibility index (Phi) is 6.14. The number of hydrogen-bond acceptors (Lipinski definition) is 5. The summed E-state index contributed by atoms with van der Waals surface area (Å²) in [6.45, 7) is 3.99. The number of amides is 1. The Hall–Kier alpha value is -3.01. The van der Waals surface area contributed by atoms with Crippen molar-refractivity contribution in [2.24, 2.45) is 0 Å². The zero-order valence-electron chi connectivity index (χ0n) is 17.5. The molecule has 2 aromatic carbocycles. The molecule has 0 spiro atoms. The molecule has 1 aliphatic rings. The van der Waals surface area contributed by atoms with E-state index in [1.54, 1.807) is 4.68 Å². The van der Waals surface area contributed by atoms with Gasteiger partial charge in [-0.25, -0.2) is 4.68 Å². The van der Waals surface area contributed by atoms with Crippen LogP contribution in [-0.4, -0.2) is 26.0 Å². The molecule has 1 amide bonds. The first-order chi connectivity index (χ1) is 15.3. The Morgan fingerprint density at radius 3 is 2.56 bits per heavy atom. The molecule has 0 saturated carbocycles. The van der Waals surface area contributed by atoms with Crippen molar-refractivity contribution in [2.75, 3.05) is 10.7 Å². The van der Waals surface area contributed by atoms with Gasteiger partial charge >= 0.3 is 6.18 Å². The van der Waals surface area contributed by atoms with Gasteiger partial charge in [-0.15, -0.1) is 10.2 Å². The second-order valence-corrected chi connectivity index (χ2v) is 8.68. The first-order valence-electron chi connectivity index (χ1n) is 10.2. The van der Waals surface area contributed by atoms with Crippen LogP contribution in [0.4, 0.5) is 18.9 Å². The van der Waals surface area contributed by atoms with Crippen LogP contribution in [0, 0.1) is 6.92 Å². The molecule has 2 N–H and O–H groups in total. The summed E-state index contributed by atoms with van der Waals surface area (Å²) in [5.74, 6) is 0.199. The van der Waals surface area contributed by atoms with Gasteiger partial charge in [-0.05, 0) is 31.0 Å². The lowest BCUT2D eigenvalue weighted by Gasteiger charge is -2.33. The molecule has 3 aromatic rings. The highest BCUT2D eigenvalue weighted by Crippen LogP contribution is 2.39. The van der Waals surface area contributed by atoms with Gasteiger partial charge in [0.05, 0.1) is 17.3 Å². The third kappa shape index (κ3) is 4.45. The number of anilines is 1. The highest BCUT2D eigenvalue weighted by atomic mass is 32.2. The quantitative estimate of drug-likeness (QED) is 0.562. The minimum Gasteiger partial charge on any atom is -0.324 e. The maximum Gasteiger partial charge on any atom is 0.418 e. The average molecular weight is 462 g/mol. The van der Waals surface area contributed by atoms with Crippen LogP contribution in [-0.2, 0) is 17.4 Å². The molecule has 1 aromatic heterocycles. The lowest BCUT2D eigenvalue weighted by Crippen LogP contribution is -2.41. The summed E-state index contributed by atoms with van der Waals surface area (Å²) in [7, 11) is 0. The molecular formula is C22H22F3N5OS. The molecule has 6 nitrogen and oxygen atoms in total. The zero-order chi connectivity index (χ0) is 22.9. The first-order valence-corrected chi connectivity index (χ1v) is 11.1. The summed E-state index contributed by atoms with van der Waals surface area (Å²) in [6, 6.07) is 12.2. The van der Waals surface area contributed by atoms with Crippen molar-refractivity contribution in [1.29, 1.82) is 0 Å². The van der Waals surface area contributed by atoms with Crippen LogP contribution in [0.5, 0.6) is 0 Å². The van der Waals surface area contributed by atoms with Crippen molar-refractivity contribution in [2.45, 2.75) is 49.3 Å². The van der Waals surface area contributed by atoms with Gasteiger partial charge < -0.3 is 10.7 Å². The Bertz CT molecular complexity index is 1110. The van der Waals surface area contributed by atoms with E-state index in [4.69, 9.17) is 0 Å². The number of aryl methyl sites for hydroxylation is 2. The summed E-state index contributed by atoms with van der Waals surface area (Å²) >= 11 is 1.19. The van der Waals surface area contributed by atoms with Crippen LogP contribution in [0.3, 0.4) is 0 Å². The third-order valence-electron chi connectivity index (χ3n) is 5.16. The monoisotopic (exact) mass is 461 g/mol. The lowest BCUT2D eigenvalue weighted by molar-refractivity contribution is -0.137. The van der Waals surface area contributed by atoms with E-state index < -0.39 is 28.9 Å². The number of thioether (sulfide) groups is 1. The Morgan fingerprint density at radius 2 is 1.88 bits per heavy atom. The van der Waals surface area contributed by atoms with E-state index in [-0.39, 0.29) is 5.69 Å². The van der Waals surface area contributed by atoms with E-state index in [9.17, 15) is 18.0 Å². The lowest BCUT2D eigenvalue weighted by atomic mass is 10.0. The number of para-hydroxylation sites is 1. The van der Waals surface area contributed by atoms with Gasteiger partial charge in [-0.2, -0.15) is 13.2 Å². The number of alkyl halides is 3. The minimum absolute atomic E-state index is 0.271. The smallest absolute Gasteiger partial charge is 0.324 e. The van der Waals surface area contributed by atoms with E-state index in [0.717, 1.165) is 29.4 Å². The van der Waals surface area contributed by atoms with Crippen LogP contribution in [0.25, 0.3) is 0 Å². The van der Waals surface area contributed by atoms with Gasteiger partial charge in [0.25, 0.3) is 0 Å². The van der Waals surface area contributed by atoms with E-state index >= 15 is 0 Å². The maximum atomic E-state index is 13.4. The molecule has 0 fully saturated rings. The average Bonchev–Trinajstić information content (AvgIpc) is 3.15. The van der Waals surface area contributed by atoms with E-state index in [1.165, 1.54) is 30.0 Å². The molecule has 32 heavy (non-hydrogen) atoms. The summed E-state index contributed by atoms with van der Waals surface area (Å²) in [5.41, 5.74) is 4.06. The summed E-state index contributed by atoms with van der Waals surface area (Å²) in [4.78, 5) is 13.2. The molecular weight excluding hydrogens is 439 g/mol. The molecule has 0 unspecified atom stereocenters. The fourth-order valence-electron chi connectivity index (χ4n) is 3.55. The molecule has 0 aliphatic carbocycles. The summed E-state index contributed by atoms with van der Waals surface area (Å²) in [5, 5.41) is 10.6. The number of halogens is 3. The van der Waals surface area contributed by atoms with Crippen LogP contribution >= 0.6 is 11.8 Å². The minimum atomic E-state index is -4.58. The number of fused-ring (bicyclic) bond motifs is 1. The Balaban J connectivity index is 1.68. The molecule has 0 radical (unpaired) electrons. The largest absolute Gasteiger partial charge is 0.418 e. The summed E-state index contributed by atoms with van der Waals surface area (Å²) in [6.07, 6.45) is -3.00. The van der Waals surface area contributed by atoms with Crippen molar-refractivity contribution >= 4 is 23.4 Å². The fraction of sp³-hybridized carbons (Fsp3) is 0.318. The molecule has 168 valence electrons. The topological polar surface area (TPSA) is 71.8 Å². The van der Waals surface area contributed by atoms with Gasteiger partial charge in [0.1, 0.15) is 5.25 Å². The number of carbonyl (C=O) groups is 1. The zero-order valence-corrected chi connectivity index (χ0v) is 18.3. The van der Waals surface area contributed by atoms with Crippen molar-refractivity contribution in [3.8, 4) is 0 Å². The predicted octanol–water partition coefficient (Wildman–Crippen LogP) is 4.96. The number of benzene rings is 2.